The summed E-state index contributed by atoms with van der Waals surface area (Å²) in [7, 11) is 3.91. The third-order valence-corrected chi connectivity index (χ3v) is 9.64. The number of piperazine rings is 1. The minimum atomic E-state index is 0.0742. The van der Waals surface area contributed by atoms with Crippen LogP contribution < -0.4 is 10.2 Å². The van der Waals surface area contributed by atoms with Gasteiger partial charge >= 0.3 is 0 Å². The number of nitrogens with one attached hydrogen (secondary N) is 2. The third-order valence-electron chi connectivity index (χ3n) is 9.64. The second kappa shape index (κ2) is 8.82. The molecule has 2 saturated carbocycles. The third kappa shape index (κ3) is 3.93. The quantitative estimate of drug-likeness (QED) is 0.588. The van der Waals surface area contributed by atoms with Gasteiger partial charge in [-0.25, -0.2) is 4.98 Å². The number of aryl methyl sites for hydroxylation is 2. The number of carbonyl (C=O) groups excluding carboxylic acids is 1. The molecule has 4 aliphatic rings. The highest BCUT2D eigenvalue weighted by atomic mass is 16.2. The first-order chi connectivity index (χ1) is 17.8. The van der Waals surface area contributed by atoms with Crippen LogP contribution in [0, 0.1) is 24.7 Å². The van der Waals surface area contributed by atoms with Gasteiger partial charge in [0.15, 0.2) is 0 Å². The van der Waals surface area contributed by atoms with Crippen LogP contribution in [-0.4, -0.2) is 82.5 Å². The van der Waals surface area contributed by atoms with Gasteiger partial charge < -0.3 is 20.5 Å². The van der Waals surface area contributed by atoms with Crippen LogP contribution in [0.4, 0.5) is 11.5 Å². The average Bonchev–Trinajstić information content (AvgIpc) is 3.53. The van der Waals surface area contributed by atoms with Gasteiger partial charge in [-0.3, -0.25) is 14.4 Å². The standard InChI is InChI=1S/C28H40N8O/c1-19-13-24(21(14-29)26(30-3)31-19)34-10-5-23-22(15-34)20(2)32-36(23)18-27-6-8-28(17-27,9-7-27)35-12-11-33(4)16-25(35)37/h13-14,29H,5-12,15-18H2,1-4H3,(H,30,31). The van der Waals surface area contributed by atoms with Gasteiger partial charge in [-0.05, 0) is 64.5 Å². The molecule has 2 aliphatic carbocycles. The van der Waals surface area contributed by atoms with Crippen LogP contribution in [0.25, 0.3) is 0 Å². The maximum atomic E-state index is 12.9. The smallest absolute Gasteiger partial charge is 0.237 e. The summed E-state index contributed by atoms with van der Waals surface area (Å²) in [5.74, 6) is 1.07. The summed E-state index contributed by atoms with van der Waals surface area (Å²) in [6.45, 7) is 9.24. The van der Waals surface area contributed by atoms with Crippen molar-refractivity contribution in [2.24, 2.45) is 5.41 Å². The van der Waals surface area contributed by atoms with Gasteiger partial charge in [0.05, 0.1) is 23.5 Å². The number of likely N-dealkylation sites (N-methyl/N-ethyl adjacent to an activating group) is 1. The van der Waals surface area contributed by atoms with E-state index in [2.05, 4.69) is 42.7 Å². The summed E-state index contributed by atoms with van der Waals surface area (Å²) in [6, 6.07) is 2.10. The molecule has 2 aromatic heterocycles. The number of hydrogen-bond acceptors (Lipinski definition) is 7. The Kier molecular flexibility index (Phi) is 5.82. The zero-order valence-corrected chi connectivity index (χ0v) is 22.7. The number of carbonyl (C=O) groups is 1. The number of amides is 1. The fourth-order valence-electron chi connectivity index (χ4n) is 7.75. The van der Waals surface area contributed by atoms with Crippen molar-refractivity contribution in [1.29, 1.82) is 5.41 Å². The maximum absolute atomic E-state index is 12.9. The van der Waals surface area contributed by atoms with Crippen LogP contribution in [0.15, 0.2) is 6.07 Å². The Morgan fingerprint density at radius 1 is 1.14 bits per heavy atom. The molecule has 4 heterocycles. The molecule has 198 valence electrons. The highest BCUT2D eigenvalue weighted by Crippen LogP contribution is 2.60. The molecule has 1 amide bonds. The van der Waals surface area contributed by atoms with Crippen LogP contribution in [0.3, 0.4) is 0 Å². The maximum Gasteiger partial charge on any atom is 0.237 e. The van der Waals surface area contributed by atoms with Crippen molar-refractivity contribution in [3.8, 4) is 0 Å². The van der Waals surface area contributed by atoms with Crippen molar-refractivity contribution in [3.63, 3.8) is 0 Å². The van der Waals surface area contributed by atoms with Crippen molar-refractivity contribution in [3.05, 3.63) is 34.3 Å². The molecule has 0 aromatic carbocycles. The first-order valence-electron chi connectivity index (χ1n) is 13.8. The number of fused-ring (bicyclic) bond motifs is 3. The Labute approximate surface area is 219 Å². The molecule has 9 nitrogen and oxygen atoms in total. The van der Waals surface area contributed by atoms with Crippen molar-refractivity contribution in [2.45, 2.75) is 71.0 Å². The molecule has 0 atom stereocenters. The number of rotatable bonds is 6. The molecule has 37 heavy (non-hydrogen) atoms. The Morgan fingerprint density at radius 3 is 2.62 bits per heavy atom. The minimum absolute atomic E-state index is 0.0742. The largest absolute Gasteiger partial charge is 0.373 e. The van der Waals surface area contributed by atoms with Crippen molar-refractivity contribution < 1.29 is 4.79 Å². The van der Waals surface area contributed by atoms with Crippen molar-refractivity contribution in [1.82, 2.24) is 24.6 Å². The zero-order chi connectivity index (χ0) is 25.9. The van der Waals surface area contributed by atoms with E-state index in [1.807, 2.05) is 21.0 Å². The highest BCUT2D eigenvalue weighted by molar-refractivity contribution is 5.92. The monoisotopic (exact) mass is 504 g/mol. The lowest BCUT2D eigenvalue weighted by Crippen LogP contribution is -2.57. The molecule has 0 unspecified atom stereocenters. The summed E-state index contributed by atoms with van der Waals surface area (Å²) < 4.78 is 2.32. The minimum Gasteiger partial charge on any atom is -0.373 e. The number of aromatic nitrogens is 3. The van der Waals surface area contributed by atoms with Gasteiger partial charge in [-0.1, -0.05) is 0 Å². The summed E-state index contributed by atoms with van der Waals surface area (Å²) in [5.41, 5.74) is 7.00. The predicted molar refractivity (Wildman–Crippen MR) is 146 cm³/mol. The Hall–Kier alpha value is -2.94. The fourth-order valence-corrected chi connectivity index (χ4v) is 7.75. The number of pyridine rings is 1. The van der Waals surface area contributed by atoms with E-state index in [1.54, 1.807) is 0 Å². The second-order valence-corrected chi connectivity index (χ2v) is 12.0. The molecule has 3 fully saturated rings. The van der Waals surface area contributed by atoms with Gasteiger partial charge in [0.2, 0.25) is 5.91 Å². The normalized spacial score (nSPS) is 27.6. The van der Waals surface area contributed by atoms with Gasteiger partial charge in [0.1, 0.15) is 5.82 Å². The Balaban J connectivity index is 1.23. The van der Waals surface area contributed by atoms with Gasteiger partial charge in [-0.2, -0.15) is 5.10 Å². The summed E-state index contributed by atoms with van der Waals surface area (Å²) in [6.07, 6.45) is 8.15. The molecule has 1 saturated heterocycles. The van der Waals surface area contributed by atoms with Crippen LogP contribution >= 0.6 is 0 Å². The molecule has 2 aromatic rings. The molecule has 6 rings (SSSR count). The van der Waals surface area contributed by atoms with Crippen LogP contribution in [0.5, 0.6) is 0 Å². The SMILES string of the molecule is CNc1nc(C)cc(N2CCc3c(c(C)nn3CC34CCC(N5CCN(C)CC5=O)(CC3)C4)C2)c1C=N. The van der Waals surface area contributed by atoms with E-state index in [1.165, 1.54) is 30.3 Å². The van der Waals surface area contributed by atoms with E-state index in [4.69, 9.17) is 10.5 Å². The topological polar surface area (TPSA) is 93.4 Å². The van der Waals surface area contributed by atoms with Gasteiger partial charge in [0.25, 0.3) is 0 Å². The average molecular weight is 505 g/mol. The molecular formula is C28H40N8O. The highest BCUT2D eigenvalue weighted by Gasteiger charge is 2.58. The zero-order valence-electron chi connectivity index (χ0n) is 22.7. The summed E-state index contributed by atoms with van der Waals surface area (Å²) >= 11 is 0. The lowest BCUT2D eigenvalue weighted by Gasteiger charge is -2.44. The molecule has 0 spiro atoms. The molecule has 2 bridgehead atoms. The van der Waals surface area contributed by atoms with E-state index in [-0.39, 0.29) is 11.0 Å². The van der Waals surface area contributed by atoms with Crippen molar-refractivity contribution >= 4 is 23.6 Å². The first kappa shape index (κ1) is 24.4. The lowest BCUT2D eigenvalue weighted by molar-refractivity contribution is -0.142. The molecule has 0 radical (unpaired) electrons. The summed E-state index contributed by atoms with van der Waals surface area (Å²) in [5, 5.41) is 16.3. The summed E-state index contributed by atoms with van der Waals surface area (Å²) in [4.78, 5) is 24.3. The van der Waals surface area contributed by atoms with Crippen LogP contribution in [0.1, 0.15) is 60.3 Å². The molecule has 2 N–H and O–H groups in total. The molecule has 9 heteroatoms. The van der Waals surface area contributed by atoms with E-state index < -0.39 is 0 Å². The number of hydrogen-bond donors (Lipinski definition) is 2. The van der Waals surface area contributed by atoms with E-state index in [9.17, 15) is 4.79 Å². The lowest BCUT2D eigenvalue weighted by atomic mass is 9.83. The Morgan fingerprint density at radius 2 is 1.92 bits per heavy atom. The van der Waals surface area contributed by atoms with Crippen molar-refractivity contribution in [2.75, 3.05) is 50.5 Å². The number of nitrogens with zero attached hydrogens (tertiary/aromatic N) is 6. The fraction of sp³-hybridized carbons (Fsp3) is 0.643. The molecule has 2 aliphatic heterocycles. The van der Waals surface area contributed by atoms with E-state index in [0.717, 1.165) is 86.9 Å². The first-order valence-corrected chi connectivity index (χ1v) is 13.8. The molecular weight excluding hydrogens is 464 g/mol. The predicted octanol–water partition coefficient (Wildman–Crippen LogP) is 2.97. The second-order valence-electron chi connectivity index (χ2n) is 12.0. The Bertz CT molecular complexity index is 1240. The van der Waals surface area contributed by atoms with E-state index in [0.29, 0.717) is 12.5 Å². The number of anilines is 2. The van der Waals surface area contributed by atoms with E-state index >= 15 is 0 Å². The van der Waals surface area contributed by atoms with Gasteiger partial charge in [-0.15, -0.1) is 0 Å². The van der Waals surface area contributed by atoms with Crippen LogP contribution in [-0.2, 0) is 24.3 Å². The van der Waals surface area contributed by atoms with Crippen LogP contribution in [0.2, 0.25) is 0 Å². The van der Waals surface area contributed by atoms with Gasteiger partial charge in [0, 0.05) is 74.9 Å².